The fraction of sp³-hybridized carbons (Fsp3) is 0.636. The predicted molar refractivity (Wildman–Crippen MR) is 73.2 cm³/mol. The quantitative estimate of drug-likeness (QED) is 0.564. The Morgan fingerprint density at radius 3 is 2.89 bits per heavy atom. The summed E-state index contributed by atoms with van der Waals surface area (Å²) in [7, 11) is 0. The molecule has 0 spiro atoms. The van der Waals surface area contributed by atoms with Crippen molar-refractivity contribution >= 4 is 23.1 Å². The summed E-state index contributed by atoms with van der Waals surface area (Å²) in [5, 5.41) is 6.92. The number of amides is 1. The lowest BCUT2D eigenvalue weighted by Crippen LogP contribution is -2.32. The van der Waals surface area contributed by atoms with Gasteiger partial charge in [-0.2, -0.15) is 0 Å². The number of rotatable bonds is 7. The van der Waals surface area contributed by atoms with Gasteiger partial charge < -0.3 is 11.1 Å². The summed E-state index contributed by atoms with van der Waals surface area (Å²) in [6.07, 6.45) is 4.70. The van der Waals surface area contributed by atoms with E-state index in [1.165, 1.54) is 11.0 Å². The number of hydrogen-bond donors (Lipinski definition) is 2. The molecule has 1 amide bonds. The van der Waals surface area contributed by atoms with Gasteiger partial charge in [-0.3, -0.25) is 4.79 Å². The van der Waals surface area contributed by atoms with Crippen LogP contribution in [0.2, 0.25) is 0 Å². The van der Waals surface area contributed by atoms with Crippen LogP contribution in [0.3, 0.4) is 0 Å². The second-order valence-corrected chi connectivity index (χ2v) is 4.53. The van der Waals surface area contributed by atoms with Crippen LogP contribution in [0.1, 0.15) is 45.0 Å². The second-order valence-electron chi connectivity index (χ2n) is 4.09. The fourth-order valence-corrected chi connectivity index (χ4v) is 1.52. The highest BCUT2D eigenvalue weighted by atomic mass is 32.1. The van der Waals surface area contributed by atoms with Gasteiger partial charge in [0.2, 0.25) is 11.7 Å². The van der Waals surface area contributed by atoms with Crippen LogP contribution in [-0.4, -0.2) is 32.2 Å². The monoisotopic (exact) mass is 269 g/mol. The molecule has 1 atom stereocenters. The summed E-state index contributed by atoms with van der Waals surface area (Å²) < 4.78 is 1.46. The van der Waals surface area contributed by atoms with Crippen LogP contribution in [-0.2, 0) is 4.79 Å². The van der Waals surface area contributed by atoms with E-state index in [4.69, 9.17) is 18.0 Å². The van der Waals surface area contributed by atoms with Gasteiger partial charge >= 0.3 is 0 Å². The van der Waals surface area contributed by atoms with Crippen molar-refractivity contribution in [2.75, 3.05) is 6.54 Å². The molecule has 18 heavy (non-hydrogen) atoms. The number of thiocarbonyl (C=S) groups is 1. The average molecular weight is 269 g/mol. The predicted octanol–water partition coefficient (Wildman–Crippen LogP) is 0.780. The maximum absolute atomic E-state index is 11.8. The molecule has 0 aromatic carbocycles. The molecule has 1 unspecified atom stereocenters. The van der Waals surface area contributed by atoms with Crippen molar-refractivity contribution in [2.45, 2.75) is 39.2 Å². The maximum atomic E-state index is 11.8. The van der Waals surface area contributed by atoms with E-state index in [0.717, 1.165) is 19.3 Å². The number of carbonyl (C=O) groups is 1. The molecule has 0 bridgehead atoms. The summed E-state index contributed by atoms with van der Waals surface area (Å²) in [4.78, 5) is 15.9. The Morgan fingerprint density at radius 2 is 2.33 bits per heavy atom. The number of nitrogens with two attached hydrogens (primary N) is 1. The molecule has 0 fully saturated rings. The largest absolute Gasteiger partial charge is 0.387 e. The van der Waals surface area contributed by atoms with E-state index < -0.39 is 6.04 Å². The molecule has 100 valence electrons. The molecule has 0 radical (unpaired) electrons. The summed E-state index contributed by atoms with van der Waals surface area (Å²) in [6.45, 7) is 4.57. The lowest BCUT2D eigenvalue weighted by atomic mass is 10.2. The molecular formula is C11H19N5OS. The number of nitrogens with zero attached hydrogens (tertiary/aromatic N) is 3. The number of unbranched alkanes of at least 4 members (excludes halogenated alkanes) is 2. The zero-order valence-corrected chi connectivity index (χ0v) is 11.5. The van der Waals surface area contributed by atoms with Crippen LogP contribution in [0.5, 0.6) is 0 Å². The summed E-state index contributed by atoms with van der Waals surface area (Å²) in [6, 6.07) is -0.415. The van der Waals surface area contributed by atoms with Crippen molar-refractivity contribution in [3.05, 3.63) is 12.2 Å². The molecule has 1 aromatic rings. The van der Waals surface area contributed by atoms with Crippen LogP contribution in [0.4, 0.5) is 0 Å². The van der Waals surface area contributed by atoms with Gasteiger partial charge in [0.05, 0.1) is 0 Å². The van der Waals surface area contributed by atoms with E-state index in [0.29, 0.717) is 6.54 Å². The third kappa shape index (κ3) is 4.06. The highest BCUT2D eigenvalue weighted by molar-refractivity contribution is 7.80. The minimum absolute atomic E-state index is 0.0782. The van der Waals surface area contributed by atoms with Crippen molar-refractivity contribution in [1.82, 2.24) is 20.1 Å². The van der Waals surface area contributed by atoms with E-state index in [9.17, 15) is 4.79 Å². The first-order chi connectivity index (χ1) is 8.56. The third-order valence-corrected chi connectivity index (χ3v) is 2.77. The van der Waals surface area contributed by atoms with E-state index in [1.807, 2.05) is 0 Å². The van der Waals surface area contributed by atoms with Crippen molar-refractivity contribution < 1.29 is 4.79 Å². The zero-order chi connectivity index (χ0) is 13.5. The molecule has 1 aromatic heterocycles. The lowest BCUT2D eigenvalue weighted by molar-refractivity contribution is -0.124. The first kappa shape index (κ1) is 14.6. The van der Waals surface area contributed by atoms with E-state index in [1.54, 1.807) is 6.92 Å². The molecule has 0 aliphatic rings. The van der Waals surface area contributed by atoms with E-state index in [2.05, 4.69) is 22.3 Å². The standard InChI is InChI=1S/C11H19N5OS/c1-3-4-5-6-13-11(17)8(2)16-7-14-10(15-16)9(12)18/h7-8H,3-6H2,1-2H3,(H2,12,18)(H,13,17). The molecule has 6 nitrogen and oxygen atoms in total. The first-order valence-corrected chi connectivity index (χ1v) is 6.45. The topological polar surface area (TPSA) is 85.8 Å². The average Bonchev–Trinajstić information content (AvgIpc) is 2.83. The number of nitrogens with one attached hydrogen (secondary N) is 1. The molecule has 7 heteroatoms. The van der Waals surface area contributed by atoms with Crippen LogP contribution < -0.4 is 11.1 Å². The zero-order valence-electron chi connectivity index (χ0n) is 10.7. The smallest absolute Gasteiger partial charge is 0.244 e. The van der Waals surface area contributed by atoms with Crippen molar-refractivity contribution in [3.63, 3.8) is 0 Å². The van der Waals surface area contributed by atoms with Crippen molar-refractivity contribution in [1.29, 1.82) is 0 Å². The normalized spacial score (nSPS) is 12.1. The summed E-state index contributed by atoms with van der Waals surface area (Å²) in [5.74, 6) is 0.209. The second kappa shape index (κ2) is 7.05. The molecule has 3 N–H and O–H groups in total. The van der Waals surface area contributed by atoms with Crippen molar-refractivity contribution in [2.24, 2.45) is 5.73 Å². The van der Waals surface area contributed by atoms with Gasteiger partial charge in [-0.05, 0) is 13.3 Å². The molecule has 0 aliphatic carbocycles. The molecule has 1 heterocycles. The number of aromatic nitrogens is 3. The third-order valence-electron chi connectivity index (χ3n) is 2.58. The molecule has 0 saturated heterocycles. The Hall–Kier alpha value is -1.50. The fourth-order valence-electron chi connectivity index (χ4n) is 1.43. The van der Waals surface area contributed by atoms with E-state index in [-0.39, 0.29) is 16.7 Å². The minimum atomic E-state index is -0.415. The van der Waals surface area contributed by atoms with E-state index >= 15 is 0 Å². The number of hydrogen-bond acceptors (Lipinski definition) is 4. The van der Waals surface area contributed by atoms with Crippen LogP contribution in [0.25, 0.3) is 0 Å². The Morgan fingerprint density at radius 1 is 1.61 bits per heavy atom. The van der Waals surface area contributed by atoms with Gasteiger partial charge in [0.15, 0.2) is 0 Å². The van der Waals surface area contributed by atoms with Crippen LogP contribution in [0, 0.1) is 0 Å². The Labute approximate surface area is 112 Å². The molecule has 0 aliphatic heterocycles. The Bertz CT molecular complexity index is 417. The lowest BCUT2D eigenvalue weighted by Gasteiger charge is -2.11. The SMILES string of the molecule is CCCCCNC(=O)C(C)n1cnc(C(N)=S)n1. The Kier molecular flexibility index (Phi) is 5.70. The minimum Gasteiger partial charge on any atom is -0.387 e. The van der Waals surface area contributed by atoms with Gasteiger partial charge in [-0.15, -0.1) is 5.10 Å². The number of carbonyl (C=O) groups excluding carboxylic acids is 1. The maximum Gasteiger partial charge on any atom is 0.244 e. The highest BCUT2D eigenvalue weighted by Gasteiger charge is 2.16. The van der Waals surface area contributed by atoms with Crippen molar-refractivity contribution in [3.8, 4) is 0 Å². The first-order valence-electron chi connectivity index (χ1n) is 6.05. The van der Waals surface area contributed by atoms with Crippen LogP contribution in [0.15, 0.2) is 6.33 Å². The van der Waals surface area contributed by atoms with Gasteiger partial charge in [-0.25, -0.2) is 9.67 Å². The molecular weight excluding hydrogens is 250 g/mol. The van der Waals surface area contributed by atoms with Gasteiger partial charge in [0.1, 0.15) is 17.4 Å². The molecule has 1 rings (SSSR count). The molecule has 0 saturated carbocycles. The summed E-state index contributed by atoms with van der Waals surface area (Å²) >= 11 is 4.77. The van der Waals surface area contributed by atoms with Gasteiger partial charge in [0.25, 0.3) is 0 Å². The Balaban J connectivity index is 2.49. The van der Waals surface area contributed by atoms with Gasteiger partial charge in [0, 0.05) is 6.54 Å². The highest BCUT2D eigenvalue weighted by Crippen LogP contribution is 2.04. The summed E-state index contributed by atoms with van der Waals surface area (Å²) in [5.41, 5.74) is 5.41. The van der Waals surface area contributed by atoms with Crippen LogP contribution >= 0.6 is 12.2 Å². The van der Waals surface area contributed by atoms with Gasteiger partial charge in [-0.1, -0.05) is 32.0 Å².